The number of rotatable bonds is 7. The number of alkyl carbamates (subject to hydrolysis) is 2. The Morgan fingerprint density at radius 1 is 0.520 bits per heavy atom. The van der Waals surface area contributed by atoms with E-state index in [0.717, 1.165) is 36.1 Å². The van der Waals surface area contributed by atoms with Crippen LogP contribution >= 0.6 is 0 Å². The molecule has 0 aromatic heterocycles. The number of amides is 7. The molecule has 3 heterocycles. The van der Waals surface area contributed by atoms with Crippen LogP contribution in [0.2, 0.25) is 0 Å². The van der Waals surface area contributed by atoms with E-state index in [1.165, 1.54) is 4.90 Å². The minimum Gasteiger partial charge on any atom is -0.444 e. The highest BCUT2D eigenvalue weighted by Crippen LogP contribution is 2.41. The van der Waals surface area contributed by atoms with Gasteiger partial charge in [0.05, 0.1) is 66.8 Å². The normalized spacial score (nSPS) is 27.8. The van der Waals surface area contributed by atoms with Crippen LogP contribution in [0.15, 0.2) is 54.6 Å². The van der Waals surface area contributed by atoms with Crippen molar-refractivity contribution in [3.8, 4) is 0 Å². The van der Waals surface area contributed by atoms with Gasteiger partial charge in [0.1, 0.15) is 45.8 Å². The van der Waals surface area contributed by atoms with Gasteiger partial charge in [0.2, 0.25) is 17.7 Å². The summed E-state index contributed by atoms with van der Waals surface area (Å²) in [5.41, 5.74) is -2.58. The molecule has 27 heteroatoms. The zero-order valence-electron chi connectivity index (χ0n) is 59.7. The van der Waals surface area contributed by atoms with Gasteiger partial charge in [-0.25, -0.2) is 38.6 Å². The van der Waals surface area contributed by atoms with Crippen molar-refractivity contribution in [1.82, 2.24) is 25.8 Å². The molecule has 16 atom stereocenters. The molecule has 8 N–H and O–H groups in total. The van der Waals surface area contributed by atoms with Crippen molar-refractivity contribution in [1.29, 1.82) is 0 Å². The Labute approximate surface area is 594 Å². The lowest BCUT2D eigenvalue weighted by atomic mass is 9.94. The lowest BCUT2D eigenvalue weighted by Gasteiger charge is -2.33. The number of carbonyl (C=O) groups is 9. The first-order valence-electron chi connectivity index (χ1n) is 32.9. The van der Waals surface area contributed by atoms with E-state index in [-0.39, 0.29) is 84.2 Å². The van der Waals surface area contributed by atoms with Crippen molar-refractivity contribution in [2.24, 2.45) is 35.5 Å². The first-order chi connectivity index (χ1) is 44.0. The van der Waals surface area contributed by atoms with Crippen LogP contribution in [-0.2, 0) is 58.9 Å². The number of nitrogens with zero attached hydrogens (tertiary/aromatic N) is 2. The topological polar surface area (TPSA) is 371 Å². The second kappa shape index (κ2) is 38.4. The fourth-order valence-corrected chi connectivity index (χ4v) is 11.6. The van der Waals surface area contributed by atoms with Crippen LogP contribution in [0.25, 0.3) is 0 Å². The van der Waals surface area contributed by atoms with Gasteiger partial charge in [-0.15, -0.1) is 0 Å². The van der Waals surface area contributed by atoms with Crippen LogP contribution < -0.4 is 16.0 Å². The molecule has 0 radical (unpaired) electrons. The van der Waals surface area contributed by atoms with Crippen LogP contribution in [-0.4, -0.2) is 191 Å². The van der Waals surface area contributed by atoms with E-state index < -0.39 is 118 Å². The van der Waals surface area contributed by atoms with Crippen LogP contribution in [0.4, 0.5) is 28.8 Å². The Morgan fingerprint density at radius 2 is 0.980 bits per heavy atom. The molecule has 8 aliphatic rings. The average Bonchev–Trinajstić information content (AvgIpc) is 1.60. The van der Waals surface area contributed by atoms with Crippen LogP contribution in [0.1, 0.15) is 212 Å². The van der Waals surface area contributed by atoms with E-state index in [4.69, 9.17) is 38.3 Å². The molecule has 3 saturated carbocycles. The molecule has 6 fully saturated rings. The molecule has 5 aliphatic carbocycles. The molecule has 10 unspecified atom stereocenters. The van der Waals surface area contributed by atoms with Crippen molar-refractivity contribution in [3.05, 3.63) is 60.2 Å². The van der Waals surface area contributed by atoms with Crippen molar-refractivity contribution >= 4 is 54.4 Å². The summed E-state index contributed by atoms with van der Waals surface area (Å²) in [6.07, 6.45) is 3.64. The van der Waals surface area contributed by atoms with E-state index in [2.05, 4.69) is 52.7 Å². The maximum Gasteiger partial charge on any atom is 0.519 e. The predicted octanol–water partition coefficient (Wildman–Crippen LogP) is 11.2. The Bertz CT molecular complexity index is 2860. The molecule has 27 nitrogen and oxygen atoms in total. The summed E-state index contributed by atoms with van der Waals surface area (Å²) in [4.78, 5) is 105. The van der Waals surface area contributed by atoms with Gasteiger partial charge in [0.25, 0.3) is 0 Å². The third-order valence-corrected chi connectivity index (χ3v) is 15.8. The van der Waals surface area contributed by atoms with Gasteiger partial charge in [0, 0.05) is 18.6 Å². The smallest absolute Gasteiger partial charge is 0.444 e. The van der Waals surface area contributed by atoms with Crippen molar-refractivity contribution in [2.75, 3.05) is 6.61 Å². The molecule has 574 valence electrons. The first-order valence-corrected chi connectivity index (χ1v) is 32.9. The van der Waals surface area contributed by atoms with Gasteiger partial charge >= 0.3 is 36.7 Å². The highest BCUT2D eigenvalue weighted by atomic mass is 16.8. The number of imide groups is 2. The maximum absolute atomic E-state index is 12.1. The quantitative estimate of drug-likeness (QED) is 0.0544. The summed E-state index contributed by atoms with van der Waals surface area (Å²) in [6.45, 7) is 36.1. The Hall–Kier alpha value is -6.91. The molecule has 9 rings (SSSR count). The lowest BCUT2D eigenvalue weighted by molar-refractivity contribution is -0.144. The van der Waals surface area contributed by atoms with Crippen molar-refractivity contribution in [2.45, 2.75) is 308 Å². The zero-order valence-corrected chi connectivity index (χ0v) is 59.7. The van der Waals surface area contributed by atoms with E-state index in [1.807, 2.05) is 57.2 Å². The molecule has 1 aromatic carbocycles. The van der Waals surface area contributed by atoms with Gasteiger partial charge in [-0.2, -0.15) is 0 Å². The molecule has 3 aliphatic heterocycles. The number of piperidine rings is 1. The highest BCUT2D eigenvalue weighted by molar-refractivity contribution is 5.98. The monoisotopic (exact) mass is 1420 g/mol. The molecule has 6 bridgehead atoms. The van der Waals surface area contributed by atoms with Gasteiger partial charge in [-0.3, -0.25) is 14.4 Å². The molecular weight excluding hydrogens is 1300 g/mol. The van der Waals surface area contributed by atoms with E-state index in [1.54, 1.807) is 104 Å². The minimum absolute atomic E-state index is 0. The zero-order chi connectivity index (χ0) is 73.0. The van der Waals surface area contributed by atoms with Crippen LogP contribution in [0.5, 0.6) is 0 Å². The molecule has 0 spiro atoms. The molecule has 1 aromatic rings. The molecule has 100 heavy (non-hydrogen) atoms. The summed E-state index contributed by atoms with van der Waals surface area (Å²) < 4.78 is 40.7. The third-order valence-electron chi connectivity index (χ3n) is 15.8. The number of benzene rings is 1. The fourth-order valence-electron chi connectivity index (χ4n) is 11.6. The minimum atomic E-state index is -1.07. The number of hydrogen-bond donors (Lipinski definition) is 8. The van der Waals surface area contributed by atoms with Crippen LogP contribution in [0.3, 0.4) is 0 Å². The predicted molar refractivity (Wildman–Crippen MR) is 377 cm³/mol. The number of hydrogen-bond acceptors (Lipinski definition) is 22. The van der Waals surface area contributed by atoms with Crippen LogP contribution in [0, 0.1) is 35.5 Å². The molecule has 7 amide bonds. The first kappa shape index (κ1) is 93.1. The second-order valence-corrected chi connectivity index (χ2v) is 31.1. The summed E-state index contributed by atoms with van der Waals surface area (Å²) in [6, 6.07) is 9.20. The standard InChI is InChI=1S/C20H31NO3.C11H17NO5.C11H21NO5.C11H15NO3.C10H18O5.C6H7NO.4CH4/c1-6-16-12-17(21-19(22)24-20(3,4)5)18(14(16)2)23-13-15-10-8-7-9-11-15;1-11(2,3)17-10(16)12-6-4-5(9(12)15)7(13)8(6)14;1-11(2,3)17-10(16)12-7-4-6(5-13)8(14)9(7)15;1-11(2,3)15-10(14)12-8-5-4-7(6-8)9(12)13;1-9(2,3)14-7(11)13-8(12)15-10(4,5)6;8-6-4-1-2-5(3-4)7-6;;;;/h7-11,14,16-18H,6,12-13H2,1-5H3,(H,21,22);5-8,13-14H,4H2,1-3H3;6-9,13-15H,4-5H2,1-3H3,(H,12,16);4-5,7-8H,6H2,1-3H3;1-6H3;1-2,4-5H,3H2,(H,7,8);4*1H4/t14-,16-,17+,18?;;6-,7-,8+,9?;;;;;;;/m0.1......./s1. The maximum atomic E-state index is 12.1. The van der Waals surface area contributed by atoms with Crippen molar-refractivity contribution in [3.63, 3.8) is 0 Å². The number of ether oxygens (including phenoxy) is 8. The van der Waals surface area contributed by atoms with Gasteiger partial charge < -0.3 is 79.4 Å². The second-order valence-electron chi connectivity index (χ2n) is 31.1. The van der Waals surface area contributed by atoms with Gasteiger partial charge in [0.15, 0.2) is 0 Å². The number of aliphatic hydroxyl groups excluding tert-OH is 5. The summed E-state index contributed by atoms with van der Waals surface area (Å²) in [5.74, 6) is -0.393. The van der Waals surface area contributed by atoms with E-state index in [9.17, 15) is 63.6 Å². The van der Waals surface area contributed by atoms with Gasteiger partial charge in [-0.05, 0) is 174 Å². The Morgan fingerprint density at radius 3 is 1.36 bits per heavy atom. The third kappa shape index (κ3) is 29.6. The largest absolute Gasteiger partial charge is 0.519 e. The van der Waals surface area contributed by atoms with Crippen molar-refractivity contribution < 1.29 is 107 Å². The molecular formula is C73H125N5O22. The Balaban J connectivity index is 0.00000119. The van der Waals surface area contributed by atoms with E-state index >= 15 is 0 Å². The average molecular weight is 1420 g/mol. The summed E-state index contributed by atoms with van der Waals surface area (Å²) >= 11 is 0. The molecule has 3 saturated heterocycles. The number of nitrogens with one attached hydrogen (secondary N) is 3. The fraction of sp³-hybridized carbons (Fsp3) is 0.740. The van der Waals surface area contributed by atoms with E-state index in [0.29, 0.717) is 37.3 Å². The summed E-state index contributed by atoms with van der Waals surface area (Å²) in [7, 11) is 0. The SMILES string of the molecule is C.C.C.C.CC(C)(C)OC(=O)N1C(=O)C2C=CC1C2.CC(C)(C)OC(=O)N1C(=O)C2CC1C(O)C2O.CC(C)(C)OC(=O)N[C@@H]1C[C@H](CO)[C@H](O)C1O.CC(C)(C)OC(=O)OC(=O)OC(C)(C)C.CC[C@H]1C[C@@H](NC(=O)OC(C)(C)C)C(OCc2ccccc2)[C@H]1C.O=C1NC2C=CC1C2. The highest BCUT2D eigenvalue weighted by Gasteiger charge is 2.59. The number of carbonyl (C=O) groups excluding carboxylic acids is 9. The number of fused-ring (bicyclic) bond motifs is 6. The van der Waals surface area contributed by atoms with Gasteiger partial charge in [-0.1, -0.05) is 105 Å². The Kier molecular flexibility index (Phi) is 35.7. The number of aliphatic hydroxyl groups is 5. The number of likely N-dealkylation sites (tertiary alicyclic amines) is 2. The lowest BCUT2D eigenvalue weighted by Crippen LogP contribution is -2.54. The summed E-state index contributed by atoms with van der Waals surface area (Å²) in [5, 5.41) is 55.8.